The summed E-state index contributed by atoms with van der Waals surface area (Å²) in [5, 5.41) is 7.02. The Morgan fingerprint density at radius 2 is 2.19 bits per heavy atom. The number of amides is 1. The lowest BCUT2D eigenvalue weighted by molar-refractivity contribution is -0.119. The predicted octanol–water partition coefficient (Wildman–Crippen LogP) is 2.66. The zero-order valence-electron chi connectivity index (χ0n) is 14.7. The number of hydrogen-bond donors (Lipinski definition) is 3. The second-order valence-corrected chi connectivity index (χ2v) is 6.70. The summed E-state index contributed by atoms with van der Waals surface area (Å²) >= 11 is 8.72. The van der Waals surface area contributed by atoms with Crippen molar-refractivity contribution < 1.29 is 14.3 Å². The molecule has 0 unspecified atom stereocenters. The van der Waals surface area contributed by atoms with E-state index in [9.17, 15) is 4.79 Å². The third-order valence-electron chi connectivity index (χ3n) is 3.38. The Balaban J connectivity index is 2.21. The number of nitrogens with two attached hydrogens (primary N) is 1. The fourth-order valence-corrected chi connectivity index (χ4v) is 3.14. The first kappa shape index (κ1) is 20.2. The van der Waals surface area contributed by atoms with E-state index in [0.717, 1.165) is 24.2 Å². The first-order valence-corrected chi connectivity index (χ1v) is 9.42. The minimum atomic E-state index is -0.553. The van der Waals surface area contributed by atoms with Crippen molar-refractivity contribution in [1.82, 2.24) is 14.9 Å². The highest BCUT2D eigenvalue weighted by atomic mass is 79.9. The van der Waals surface area contributed by atoms with Crippen molar-refractivity contribution in [2.24, 2.45) is 5.73 Å². The minimum absolute atomic E-state index is 0.221. The van der Waals surface area contributed by atoms with Crippen LogP contribution >= 0.6 is 28.1 Å². The molecule has 0 aliphatic rings. The summed E-state index contributed by atoms with van der Waals surface area (Å²) in [5.41, 5.74) is 9.35. The second-order valence-electron chi connectivity index (χ2n) is 5.46. The molecule has 0 saturated carbocycles. The molecule has 1 heterocycles. The Labute approximate surface area is 165 Å². The quantitative estimate of drug-likeness (QED) is 0.487. The Hall–Kier alpha value is -2.07. The Morgan fingerprint density at radius 3 is 2.85 bits per heavy atom. The van der Waals surface area contributed by atoms with Gasteiger partial charge in [0.15, 0.2) is 23.9 Å². The maximum atomic E-state index is 11.0. The number of halogens is 1. The summed E-state index contributed by atoms with van der Waals surface area (Å²) in [6.07, 6.45) is 1.78. The number of H-pyrrole nitrogens is 1. The molecule has 1 amide bonds. The summed E-state index contributed by atoms with van der Waals surface area (Å²) in [4.78, 5) is 11.0. The molecule has 1 aromatic heterocycles. The van der Waals surface area contributed by atoms with Gasteiger partial charge in [0, 0.05) is 6.42 Å². The number of primary amides is 1. The Morgan fingerprint density at radius 1 is 1.42 bits per heavy atom. The zero-order chi connectivity index (χ0) is 19.1. The van der Waals surface area contributed by atoms with Crippen LogP contribution in [0.4, 0.5) is 0 Å². The van der Waals surface area contributed by atoms with Crippen molar-refractivity contribution in [1.29, 1.82) is 0 Å². The van der Waals surface area contributed by atoms with Crippen LogP contribution in [0.25, 0.3) is 0 Å². The van der Waals surface area contributed by atoms with Gasteiger partial charge >= 0.3 is 0 Å². The molecule has 2 rings (SSSR count). The monoisotopic (exact) mass is 443 g/mol. The van der Waals surface area contributed by atoms with Crippen molar-refractivity contribution >= 4 is 34.1 Å². The molecule has 0 aliphatic heterocycles. The zero-order valence-corrected chi connectivity index (χ0v) is 17.1. The van der Waals surface area contributed by atoms with Gasteiger partial charge in [0.1, 0.15) is 0 Å². The molecule has 0 saturated heterocycles. The first-order valence-electron chi connectivity index (χ1n) is 8.22. The van der Waals surface area contributed by atoms with Crippen LogP contribution in [0.5, 0.6) is 11.5 Å². The van der Waals surface area contributed by atoms with Crippen LogP contribution in [-0.4, -0.2) is 34.0 Å². The lowest BCUT2D eigenvalue weighted by Crippen LogP contribution is -2.20. The molecule has 4 N–H and O–H groups in total. The molecule has 0 atom stereocenters. The van der Waals surface area contributed by atoms with Crippen LogP contribution in [-0.2, 0) is 17.8 Å². The van der Waals surface area contributed by atoms with Gasteiger partial charge in [-0.05, 0) is 59.2 Å². The van der Waals surface area contributed by atoms with E-state index >= 15 is 0 Å². The highest BCUT2D eigenvalue weighted by Gasteiger charge is 2.14. The van der Waals surface area contributed by atoms with Gasteiger partial charge < -0.3 is 20.6 Å². The molecule has 0 aliphatic carbocycles. The van der Waals surface area contributed by atoms with E-state index in [4.69, 9.17) is 27.4 Å². The molecular formula is C16H22BrN5O3S. The van der Waals surface area contributed by atoms with Crippen molar-refractivity contribution in [3.05, 3.63) is 32.8 Å². The maximum Gasteiger partial charge on any atom is 0.255 e. The van der Waals surface area contributed by atoms with Gasteiger partial charge in [0.05, 0.1) is 17.6 Å². The van der Waals surface area contributed by atoms with Gasteiger partial charge in [0.2, 0.25) is 4.77 Å². The van der Waals surface area contributed by atoms with E-state index in [1.165, 1.54) is 0 Å². The topological polar surface area (TPSA) is 107 Å². The molecule has 0 fully saturated rings. The minimum Gasteiger partial charge on any atom is -0.490 e. The van der Waals surface area contributed by atoms with E-state index in [1.807, 2.05) is 19.1 Å². The fraction of sp³-hybridized carbons (Fsp3) is 0.438. The smallest absolute Gasteiger partial charge is 0.255 e. The van der Waals surface area contributed by atoms with E-state index in [-0.39, 0.29) is 6.61 Å². The third-order valence-corrected chi connectivity index (χ3v) is 4.25. The second kappa shape index (κ2) is 9.58. The number of aromatic nitrogens is 3. The number of carbonyl (C=O) groups excluding carboxylic acids is 1. The largest absolute Gasteiger partial charge is 0.490 e. The number of nitrogens with one attached hydrogen (secondary N) is 2. The number of benzene rings is 1. The molecule has 8 nitrogen and oxygen atoms in total. The van der Waals surface area contributed by atoms with Crippen LogP contribution in [0, 0.1) is 4.77 Å². The average Bonchev–Trinajstić information content (AvgIpc) is 2.92. The standard InChI is InChI=1S/C16H22BrN5O3S/c1-3-5-14-20-21-16(26)22(14)19-8-10-6-11(17)15(25-9-13(18)23)12(7-10)24-4-2/h6-7,19H,3-5,8-9H2,1-2H3,(H2,18,23)(H,21,26). The molecule has 10 heteroatoms. The summed E-state index contributed by atoms with van der Waals surface area (Å²) in [6, 6.07) is 3.73. The number of hydrogen-bond acceptors (Lipinski definition) is 6. The van der Waals surface area contributed by atoms with Gasteiger partial charge in [-0.2, -0.15) is 5.10 Å². The number of carbonyl (C=O) groups is 1. The van der Waals surface area contributed by atoms with E-state index in [0.29, 0.717) is 33.9 Å². The third kappa shape index (κ3) is 5.21. The average molecular weight is 444 g/mol. The molecular weight excluding hydrogens is 422 g/mol. The van der Waals surface area contributed by atoms with Crippen molar-refractivity contribution in [3.63, 3.8) is 0 Å². The number of rotatable bonds is 10. The fourth-order valence-electron chi connectivity index (χ4n) is 2.32. The Kier molecular flexibility index (Phi) is 7.46. The molecule has 142 valence electrons. The van der Waals surface area contributed by atoms with Crippen LogP contribution in [0.1, 0.15) is 31.7 Å². The van der Waals surface area contributed by atoms with Crippen LogP contribution in [0.2, 0.25) is 0 Å². The first-order chi connectivity index (χ1) is 12.5. The number of nitrogens with zero attached hydrogens (tertiary/aromatic N) is 2. The number of ether oxygens (including phenoxy) is 2. The molecule has 0 radical (unpaired) electrons. The normalized spacial score (nSPS) is 10.6. The van der Waals surface area contributed by atoms with E-state index in [2.05, 4.69) is 38.5 Å². The van der Waals surface area contributed by atoms with Gasteiger partial charge in [-0.25, -0.2) is 4.68 Å². The molecule has 0 bridgehead atoms. The predicted molar refractivity (Wildman–Crippen MR) is 104 cm³/mol. The molecule has 1 aromatic carbocycles. The van der Waals surface area contributed by atoms with Crippen LogP contribution in [0.3, 0.4) is 0 Å². The van der Waals surface area contributed by atoms with Gasteiger partial charge in [-0.3, -0.25) is 9.89 Å². The van der Waals surface area contributed by atoms with E-state index in [1.54, 1.807) is 4.68 Å². The maximum absolute atomic E-state index is 11.0. The molecule has 0 spiro atoms. The SMILES string of the molecule is CCCc1n[nH]c(=S)n1NCc1cc(Br)c(OCC(N)=O)c(OCC)c1. The van der Waals surface area contributed by atoms with Crippen LogP contribution < -0.4 is 20.6 Å². The summed E-state index contributed by atoms with van der Waals surface area (Å²) in [5.74, 6) is 1.27. The number of aromatic amines is 1. The lowest BCUT2D eigenvalue weighted by Gasteiger charge is -2.16. The summed E-state index contributed by atoms with van der Waals surface area (Å²) in [6.45, 7) is 4.70. The van der Waals surface area contributed by atoms with Crippen molar-refractivity contribution in [2.75, 3.05) is 18.6 Å². The van der Waals surface area contributed by atoms with E-state index < -0.39 is 5.91 Å². The van der Waals surface area contributed by atoms with Crippen molar-refractivity contribution in [3.8, 4) is 11.5 Å². The van der Waals surface area contributed by atoms with Crippen LogP contribution in [0.15, 0.2) is 16.6 Å². The molecule has 2 aromatic rings. The highest BCUT2D eigenvalue weighted by molar-refractivity contribution is 9.10. The summed E-state index contributed by atoms with van der Waals surface area (Å²) in [7, 11) is 0. The van der Waals surface area contributed by atoms with Gasteiger partial charge in [-0.15, -0.1) is 0 Å². The van der Waals surface area contributed by atoms with Crippen molar-refractivity contribution in [2.45, 2.75) is 33.2 Å². The van der Waals surface area contributed by atoms with Gasteiger partial charge in [0.25, 0.3) is 5.91 Å². The Bertz CT molecular complexity index is 821. The number of aryl methyl sites for hydroxylation is 1. The lowest BCUT2D eigenvalue weighted by atomic mass is 10.2. The van der Waals surface area contributed by atoms with Gasteiger partial charge in [-0.1, -0.05) is 6.92 Å². The highest BCUT2D eigenvalue weighted by Crippen LogP contribution is 2.37. The summed E-state index contributed by atoms with van der Waals surface area (Å²) < 4.78 is 14.0. The molecule has 26 heavy (non-hydrogen) atoms.